The highest BCUT2D eigenvalue weighted by Gasteiger charge is 2.22. The third kappa shape index (κ3) is 2.28. The fourth-order valence-electron chi connectivity index (χ4n) is 2.73. The summed E-state index contributed by atoms with van der Waals surface area (Å²) in [6, 6.07) is 10.3. The first kappa shape index (κ1) is 13.1. The molecular weight excluding hydrogens is 252 g/mol. The molecule has 1 aliphatic heterocycles. The van der Waals surface area contributed by atoms with Crippen LogP contribution in [0, 0.1) is 0 Å². The van der Waals surface area contributed by atoms with E-state index in [1.165, 1.54) is 16.7 Å². The first-order valence-corrected chi connectivity index (χ1v) is 6.77. The molecule has 1 aromatic carbocycles. The summed E-state index contributed by atoms with van der Waals surface area (Å²) in [7, 11) is 1.63. The third-order valence-corrected chi connectivity index (χ3v) is 3.70. The van der Waals surface area contributed by atoms with Crippen LogP contribution in [0.5, 0.6) is 5.88 Å². The molecule has 0 aliphatic carbocycles. The second-order valence-corrected chi connectivity index (χ2v) is 4.81. The summed E-state index contributed by atoms with van der Waals surface area (Å²) < 4.78 is 10.9. The van der Waals surface area contributed by atoms with Crippen LogP contribution in [0.25, 0.3) is 11.1 Å². The summed E-state index contributed by atoms with van der Waals surface area (Å²) in [5.74, 6) is 0.627. The van der Waals surface area contributed by atoms with Crippen molar-refractivity contribution in [2.24, 2.45) is 5.73 Å². The van der Waals surface area contributed by atoms with Gasteiger partial charge in [0.25, 0.3) is 0 Å². The maximum Gasteiger partial charge on any atom is 0.213 e. The van der Waals surface area contributed by atoms with E-state index in [0.29, 0.717) is 19.0 Å². The van der Waals surface area contributed by atoms with E-state index in [9.17, 15) is 0 Å². The molecule has 3 rings (SSSR count). The lowest BCUT2D eigenvalue weighted by molar-refractivity contribution is 0.0486. The topological polar surface area (TPSA) is 57.4 Å². The van der Waals surface area contributed by atoms with Crippen LogP contribution in [0.15, 0.2) is 36.5 Å². The molecule has 0 radical (unpaired) electrons. The maximum absolute atomic E-state index is 5.80. The van der Waals surface area contributed by atoms with Gasteiger partial charge >= 0.3 is 0 Å². The molecule has 4 nitrogen and oxygen atoms in total. The monoisotopic (exact) mass is 270 g/mol. The van der Waals surface area contributed by atoms with Crippen molar-refractivity contribution < 1.29 is 9.47 Å². The van der Waals surface area contributed by atoms with E-state index in [-0.39, 0.29) is 6.10 Å². The first-order chi connectivity index (χ1) is 9.83. The molecule has 2 aromatic rings. The van der Waals surface area contributed by atoms with Gasteiger partial charge in [-0.05, 0) is 34.7 Å². The lowest BCUT2D eigenvalue weighted by Crippen LogP contribution is -2.23. The minimum Gasteiger partial charge on any atom is -0.481 e. The highest BCUT2D eigenvalue weighted by atomic mass is 16.5. The van der Waals surface area contributed by atoms with Gasteiger partial charge in [-0.25, -0.2) is 4.98 Å². The van der Waals surface area contributed by atoms with E-state index in [0.717, 1.165) is 12.0 Å². The molecule has 1 unspecified atom stereocenters. The Hall–Kier alpha value is -1.91. The van der Waals surface area contributed by atoms with Crippen LogP contribution in [0.3, 0.4) is 0 Å². The lowest BCUT2D eigenvalue weighted by Gasteiger charge is -2.27. The molecule has 1 aliphatic rings. The van der Waals surface area contributed by atoms with Gasteiger partial charge in [-0.15, -0.1) is 0 Å². The van der Waals surface area contributed by atoms with Gasteiger partial charge in [0.15, 0.2) is 0 Å². The van der Waals surface area contributed by atoms with E-state index < -0.39 is 0 Å². The number of fused-ring (bicyclic) bond motifs is 1. The Balaban J connectivity index is 2.10. The van der Waals surface area contributed by atoms with Gasteiger partial charge in [0.2, 0.25) is 5.88 Å². The molecule has 1 atom stereocenters. The molecule has 104 valence electrons. The van der Waals surface area contributed by atoms with Gasteiger partial charge in [-0.1, -0.05) is 18.2 Å². The maximum atomic E-state index is 5.80. The molecule has 0 bridgehead atoms. The molecule has 0 saturated heterocycles. The Morgan fingerprint density at radius 1 is 1.40 bits per heavy atom. The van der Waals surface area contributed by atoms with E-state index in [1.54, 1.807) is 13.3 Å². The number of methoxy groups -OCH3 is 1. The zero-order valence-electron chi connectivity index (χ0n) is 11.5. The van der Waals surface area contributed by atoms with Crippen LogP contribution in [-0.2, 0) is 11.2 Å². The van der Waals surface area contributed by atoms with Crippen molar-refractivity contribution in [3.63, 3.8) is 0 Å². The average Bonchev–Trinajstić information content (AvgIpc) is 2.53. The van der Waals surface area contributed by atoms with Crippen LogP contribution in [0.2, 0.25) is 0 Å². The molecule has 0 saturated carbocycles. The van der Waals surface area contributed by atoms with Crippen molar-refractivity contribution in [2.45, 2.75) is 12.5 Å². The van der Waals surface area contributed by atoms with Crippen molar-refractivity contribution in [2.75, 3.05) is 20.3 Å². The Morgan fingerprint density at radius 2 is 2.30 bits per heavy atom. The normalized spacial score (nSPS) is 17.6. The number of nitrogens with zero attached hydrogens (tertiary/aromatic N) is 1. The van der Waals surface area contributed by atoms with Gasteiger partial charge in [-0.3, -0.25) is 0 Å². The third-order valence-electron chi connectivity index (χ3n) is 3.70. The van der Waals surface area contributed by atoms with Crippen LogP contribution >= 0.6 is 0 Å². The fourth-order valence-corrected chi connectivity index (χ4v) is 2.73. The quantitative estimate of drug-likeness (QED) is 0.930. The highest BCUT2D eigenvalue weighted by Crippen LogP contribution is 2.34. The number of hydrogen-bond donors (Lipinski definition) is 1. The Bertz CT molecular complexity index is 613. The van der Waals surface area contributed by atoms with Gasteiger partial charge in [0.1, 0.15) is 0 Å². The van der Waals surface area contributed by atoms with Crippen molar-refractivity contribution in [3.8, 4) is 17.0 Å². The van der Waals surface area contributed by atoms with Crippen molar-refractivity contribution in [3.05, 3.63) is 47.7 Å². The molecular formula is C16H18N2O2. The number of benzene rings is 1. The molecule has 2 heterocycles. The Labute approximate surface area is 118 Å². The molecule has 0 fully saturated rings. The Kier molecular flexibility index (Phi) is 3.67. The zero-order chi connectivity index (χ0) is 13.9. The van der Waals surface area contributed by atoms with Crippen LogP contribution in [-0.4, -0.2) is 25.2 Å². The zero-order valence-corrected chi connectivity index (χ0v) is 11.5. The molecule has 0 amide bonds. The largest absolute Gasteiger partial charge is 0.481 e. The van der Waals surface area contributed by atoms with E-state index in [4.69, 9.17) is 15.2 Å². The Morgan fingerprint density at radius 3 is 3.10 bits per heavy atom. The van der Waals surface area contributed by atoms with Crippen LogP contribution in [0.4, 0.5) is 0 Å². The summed E-state index contributed by atoms with van der Waals surface area (Å²) in [4.78, 5) is 4.16. The minimum atomic E-state index is 0.00225. The van der Waals surface area contributed by atoms with Crippen LogP contribution < -0.4 is 10.5 Å². The molecule has 1 aromatic heterocycles. The summed E-state index contributed by atoms with van der Waals surface area (Å²) in [5, 5.41) is 0. The summed E-state index contributed by atoms with van der Waals surface area (Å²) in [6.45, 7) is 1.23. The summed E-state index contributed by atoms with van der Waals surface area (Å²) in [6.07, 6.45) is 2.68. The molecule has 20 heavy (non-hydrogen) atoms. The fraction of sp³-hybridized carbons (Fsp3) is 0.312. The minimum absolute atomic E-state index is 0.00225. The predicted octanol–water partition coefficient (Wildman–Crippen LogP) is 2.33. The number of rotatable bonds is 3. The van der Waals surface area contributed by atoms with Gasteiger partial charge in [0, 0.05) is 18.8 Å². The van der Waals surface area contributed by atoms with Gasteiger partial charge in [-0.2, -0.15) is 0 Å². The number of hydrogen-bond acceptors (Lipinski definition) is 4. The van der Waals surface area contributed by atoms with Gasteiger partial charge in [0.05, 0.1) is 19.8 Å². The highest BCUT2D eigenvalue weighted by molar-refractivity contribution is 5.70. The molecule has 2 N–H and O–H groups in total. The molecule has 4 heteroatoms. The SMILES string of the molecule is COc1cc(-c2cccc3c2CCOC3CN)ccn1. The number of pyridine rings is 1. The van der Waals surface area contributed by atoms with E-state index in [1.807, 2.05) is 12.1 Å². The smallest absolute Gasteiger partial charge is 0.213 e. The second kappa shape index (κ2) is 5.61. The van der Waals surface area contributed by atoms with Crippen molar-refractivity contribution in [1.82, 2.24) is 4.98 Å². The number of aromatic nitrogens is 1. The van der Waals surface area contributed by atoms with Crippen LogP contribution in [0.1, 0.15) is 17.2 Å². The lowest BCUT2D eigenvalue weighted by atomic mass is 9.90. The number of nitrogens with two attached hydrogens (primary N) is 1. The predicted molar refractivity (Wildman–Crippen MR) is 77.7 cm³/mol. The van der Waals surface area contributed by atoms with E-state index >= 15 is 0 Å². The van der Waals surface area contributed by atoms with Gasteiger partial charge < -0.3 is 15.2 Å². The standard InChI is InChI=1S/C16H18N2O2/c1-19-16-9-11(5-7-18-16)12-3-2-4-14-13(12)6-8-20-15(14)10-17/h2-5,7,9,15H,6,8,10,17H2,1H3. The van der Waals surface area contributed by atoms with Crippen molar-refractivity contribution >= 4 is 0 Å². The van der Waals surface area contributed by atoms with E-state index in [2.05, 4.69) is 23.2 Å². The van der Waals surface area contributed by atoms with Crippen molar-refractivity contribution in [1.29, 1.82) is 0 Å². The summed E-state index contributed by atoms with van der Waals surface area (Å²) >= 11 is 0. The average molecular weight is 270 g/mol. The first-order valence-electron chi connectivity index (χ1n) is 6.77. The molecule has 0 spiro atoms. The summed E-state index contributed by atoms with van der Waals surface area (Å²) in [5.41, 5.74) is 10.7. The second-order valence-electron chi connectivity index (χ2n) is 4.81. The number of ether oxygens (including phenoxy) is 2.